The van der Waals surface area contributed by atoms with Gasteiger partial charge in [-0.25, -0.2) is 9.97 Å². The molecule has 0 radical (unpaired) electrons. The van der Waals surface area contributed by atoms with Gasteiger partial charge in [0.1, 0.15) is 6.33 Å². The molecule has 1 aliphatic heterocycles. The number of aryl methyl sites for hydroxylation is 1. The monoisotopic (exact) mass is 372 g/mol. The maximum atomic E-state index is 12.3. The van der Waals surface area contributed by atoms with E-state index in [4.69, 9.17) is 4.74 Å². The third-order valence-corrected chi connectivity index (χ3v) is 4.21. The molecule has 1 atom stereocenters. The van der Waals surface area contributed by atoms with Gasteiger partial charge < -0.3 is 10.1 Å². The third-order valence-electron chi connectivity index (χ3n) is 4.21. The molecule has 2 heterocycles. The van der Waals surface area contributed by atoms with E-state index in [1.165, 1.54) is 6.33 Å². The Morgan fingerprint density at radius 1 is 1.33 bits per heavy atom. The molecule has 1 saturated heterocycles. The van der Waals surface area contributed by atoms with E-state index in [1.807, 2.05) is 6.07 Å². The highest BCUT2D eigenvalue weighted by Gasteiger charge is 2.25. The number of amides is 1. The van der Waals surface area contributed by atoms with Gasteiger partial charge in [-0.3, -0.25) is 25.8 Å². The summed E-state index contributed by atoms with van der Waals surface area (Å²) in [4.78, 5) is 31.0. The molecule has 3 rings (SSSR count). The molecule has 1 unspecified atom stereocenters. The van der Waals surface area contributed by atoms with Crippen molar-refractivity contribution in [3.05, 3.63) is 51.8 Å². The highest BCUT2D eigenvalue weighted by molar-refractivity contribution is 5.96. The SMILES string of the molecule is Cc1ccccc1C(=O)NNc1ncnc(NCC2CCCO2)c1[N+](=O)[O-]. The van der Waals surface area contributed by atoms with Crippen molar-refractivity contribution in [2.45, 2.75) is 25.9 Å². The Bertz CT molecular complexity index is 838. The molecule has 0 spiro atoms. The number of hydrogen-bond acceptors (Lipinski definition) is 8. The van der Waals surface area contributed by atoms with Gasteiger partial charge >= 0.3 is 5.69 Å². The van der Waals surface area contributed by atoms with E-state index in [0.29, 0.717) is 18.7 Å². The van der Waals surface area contributed by atoms with E-state index >= 15 is 0 Å². The van der Waals surface area contributed by atoms with E-state index < -0.39 is 10.8 Å². The van der Waals surface area contributed by atoms with Gasteiger partial charge in [-0.15, -0.1) is 0 Å². The fourth-order valence-corrected chi connectivity index (χ4v) is 2.80. The Balaban J connectivity index is 1.72. The van der Waals surface area contributed by atoms with E-state index in [2.05, 4.69) is 26.1 Å². The molecule has 1 amide bonds. The summed E-state index contributed by atoms with van der Waals surface area (Å²) in [6.45, 7) is 2.90. The van der Waals surface area contributed by atoms with Gasteiger partial charge in [-0.2, -0.15) is 0 Å². The summed E-state index contributed by atoms with van der Waals surface area (Å²) in [7, 11) is 0. The standard InChI is InChI=1S/C17H20N6O4/c1-11-5-2-3-7-13(11)17(24)22-21-16-14(23(25)26)15(19-10-20-16)18-9-12-6-4-8-27-12/h2-3,5,7,10,12H,4,6,8-9H2,1H3,(H,22,24)(H2,18,19,20,21). The zero-order valence-electron chi connectivity index (χ0n) is 14.8. The minimum atomic E-state index is -0.597. The maximum Gasteiger partial charge on any atom is 0.354 e. The smallest absolute Gasteiger partial charge is 0.354 e. The Labute approximate surface area is 155 Å². The first kappa shape index (κ1) is 18.5. The number of hydrogen-bond donors (Lipinski definition) is 3. The number of benzene rings is 1. The summed E-state index contributed by atoms with van der Waals surface area (Å²) in [5.41, 5.74) is 5.86. The molecule has 142 valence electrons. The summed E-state index contributed by atoms with van der Waals surface area (Å²) in [5, 5.41) is 14.4. The molecule has 1 aromatic carbocycles. The van der Waals surface area contributed by atoms with Crippen molar-refractivity contribution in [2.24, 2.45) is 0 Å². The van der Waals surface area contributed by atoms with Gasteiger partial charge in [-0.05, 0) is 31.4 Å². The first-order valence-corrected chi connectivity index (χ1v) is 8.53. The van der Waals surface area contributed by atoms with Crippen molar-refractivity contribution < 1.29 is 14.5 Å². The molecule has 10 heteroatoms. The van der Waals surface area contributed by atoms with E-state index in [1.54, 1.807) is 25.1 Å². The van der Waals surface area contributed by atoms with Crippen LogP contribution in [0.2, 0.25) is 0 Å². The van der Waals surface area contributed by atoms with Crippen LogP contribution in [0.25, 0.3) is 0 Å². The predicted molar refractivity (Wildman–Crippen MR) is 98.4 cm³/mol. The van der Waals surface area contributed by atoms with Gasteiger partial charge in [0.25, 0.3) is 5.91 Å². The molecule has 0 aliphatic carbocycles. The fraction of sp³-hybridized carbons (Fsp3) is 0.353. The predicted octanol–water partition coefficient (Wildman–Crippen LogP) is 2.04. The van der Waals surface area contributed by atoms with Gasteiger partial charge in [0.2, 0.25) is 11.6 Å². The zero-order chi connectivity index (χ0) is 19.2. The number of nitro groups is 1. The number of nitrogens with zero attached hydrogens (tertiary/aromatic N) is 3. The normalized spacial score (nSPS) is 16.0. The highest BCUT2D eigenvalue weighted by atomic mass is 16.6. The van der Waals surface area contributed by atoms with Crippen LogP contribution in [0.1, 0.15) is 28.8 Å². The number of rotatable bonds is 7. The zero-order valence-corrected chi connectivity index (χ0v) is 14.8. The summed E-state index contributed by atoms with van der Waals surface area (Å²) >= 11 is 0. The van der Waals surface area contributed by atoms with Crippen LogP contribution in [-0.2, 0) is 4.74 Å². The lowest BCUT2D eigenvalue weighted by molar-refractivity contribution is -0.383. The van der Waals surface area contributed by atoms with Crippen LogP contribution >= 0.6 is 0 Å². The van der Waals surface area contributed by atoms with Gasteiger partial charge in [0.15, 0.2) is 0 Å². The second kappa shape index (κ2) is 8.41. The summed E-state index contributed by atoms with van der Waals surface area (Å²) in [5.74, 6) is -0.459. The molecular formula is C17H20N6O4. The number of ether oxygens (including phenoxy) is 1. The number of carbonyl (C=O) groups excluding carboxylic acids is 1. The minimum Gasteiger partial charge on any atom is -0.376 e. The van der Waals surface area contributed by atoms with E-state index in [-0.39, 0.29) is 23.4 Å². The molecule has 3 N–H and O–H groups in total. The molecule has 0 saturated carbocycles. The lowest BCUT2D eigenvalue weighted by Gasteiger charge is -2.13. The van der Waals surface area contributed by atoms with Crippen molar-refractivity contribution in [1.82, 2.24) is 15.4 Å². The molecule has 2 aromatic rings. The van der Waals surface area contributed by atoms with Crippen LogP contribution in [0.15, 0.2) is 30.6 Å². The highest BCUT2D eigenvalue weighted by Crippen LogP contribution is 2.28. The number of hydrazine groups is 1. The lowest BCUT2D eigenvalue weighted by Crippen LogP contribution is -2.31. The van der Waals surface area contributed by atoms with Crippen LogP contribution in [0.5, 0.6) is 0 Å². The Kier molecular flexibility index (Phi) is 5.77. The summed E-state index contributed by atoms with van der Waals surface area (Å²) < 4.78 is 5.50. The second-order valence-electron chi connectivity index (χ2n) is 6.09. The molecule has 1 fully saturated rings. The van der Waals surface area contributed by atoms with Crippen molar-refractivity contribution in [3.8, 4) is 0 Å². The molecule has 1 aliphatic rings. The number of aromatic nitrogens is 2. The average molecular weight is 372 g/mol. The Morgan fingerprint density at radius 3 is 2.81 bits per heavy atom. The van der Waals surface area contributed by atoms with Gasteiger partial charge in [-0.1, -0.05) is 18.2 Å². The van der Waals surface area contributed by atoms with Crippen LogP contribution in [0, 0.1) is 17.0 Å². The van der Waals surface area contributed by atoms with E-state index in [0.717, 1.165) is 18.4 Å². The van der Waals surface area contributed by atoms with Crippen molar-refractivity contribution in [3.63, 3.8) is 0 Å². The maximum absolute atomic E-state index is 12.3. The summed E-state index contributed by atoms with van der Waals surface area (Å²) in [6, 6.07) is 7.02. The molecule has 0 bridgehead atoms. The van der Waals surface area contributed by atoms with Gasteiger partial charge in [0.05, 0.1) is 11.0 Å². The van der Waals surface area contributed by atoms with Crippen molar-refractivity contribution >= 4 is 23.2 Å². The van der Waals surface area contributed by atoms with Crippen molar-refractivity contribution in [1.29, 1.82) is 0 Å². The molecule has 27 heavy (non-hydrogen) atoms. The Morgan fingerprint density at radius 2 is 2.11 bits per heavy atom. The number of nitrogens with one attached hydrogen (secondary N) is 3. The van der Waals surface area contributed by atoms with Crippen LogP contribution in [0.4, 0.5) is 17.3 Å². The topological polar surface area (TPSA) is 131 Å². The first-order chi connectivity index (χ1) is 13.1. The first-order valence-electron chi connectivity index (χ1n) is 8.53. The van der Waals surface area contributed by atoms with Crippen molar-refractivity contribution in [2.75, 3.05) is 23.9 Å². The average Bonchev–Trinajstić information content (AvgIpc) is 3.18. The number of anilines is 2. The summed E-state index contributed by atoms with van der Waals surface area (Å²) in [6.07, 6.45) is 3.05. The molecule has 1 aromatic heterocycles. The Hall–Kier alpha value is -3.27. The van der Waals surface area contributed by atoms with E-state index in [9.17, 15) is 14.9 Å². The fourth-order valence-electron chi connectivity index (χ4n) is 2.80. The molecular weight excluding hydrogens is 352 g/mol. The van der Waals surface area contributed by atoms with Crippen LogP contribution in [0.3, 0.4) is 0 Å². The quantitative estimate of drug-likeness (QED) is 0.497. The van der Waals surface area contributed by atoms with Gasteiger partial charge in [0, 0.05) is 18.7 Å². The van der Waals surface area contributed by atoms with Crippen LogP contribution in [-0.4, -0.2) is 40.1 Å². The number of carbonyl (C=O) groups is 1. The van der Waals surface area contributed by atoms with Crippen LogP contribution < -0.4 is 16.2 Å². The lowest BCUT2D eigenvalue weighted by atomic mass is 10.1. The minimum absolute atomic E-state index is 0.00302. The second-order valence-corrected chi connectivity index (χ2v) is 6.09. The largest absolute Gasteiger partial charge is 0.376 e. The molecule has 10 nitrogen and oxygen atoms in total. The third kappa shape index (κ3) is 4.47.